The molecule has 3 rings (SSSR count). The molecule has 0 aliphatic heterocycles. The van der Waals surface area contributed by atoms with Crippen LogP contribution >= 0.6 is 11.6 Å². The average molecular weight is 459 g/mol. The maximum Gasteiger partial charge on any atom is 0.265 e. The second kappa shape index (κ2) is 9.85. The Morgan fingerprint density at radius 2 is 1.65 bits per heavy atom. The molecule has 0 radical (unpaired) electrons. The van der Waals surface area contributed by atoms with Crippen LogP contribution in [0, 0.1) is 6.92 Å². The predicted molar refractivity (Wildman–Crippen MR) is 123 cm³/mol. The molecule has 3 aromatic carbocycles. The second-order valence-corrected chi connectivity index (χ2v) is 9.08. The summed E-state index contributed by atoms with van der Waals surface area (Å²) in [6, 6.07) is 19.8. The third-order valence-corrected chi connectivity index (χ3v) is 6.11. The van der Waals surface area contributed by atoms with Crippen LogP contribution in [0.2, 0.25) is 5.02 Å². The van der Waals surface area contributed by atoms with Gasteiger partial charge in [-0.25, -0.2) is 8.42 Å². The van der Waals surface area contributed by atoms with Crippen molar-refractivity contribution in [2.75, 3.05) is 10.0 Å². The Hall–Kier alpha value is -3.03. The number of carbonyl (C=O) groups is 1. The number of nitrogens with one attached hydrogen (secondary N) is 2. The molecule has 0 aliphatic rings. The lowest BCUT2D eigenvalue weighted by Crippen LogP contribution is -2.32. The van der Waals surface area contributed by atoms with Crippen molar-refractivity contribution >= 4 is 38.9 Å². The van der Waals surface area contributed by atoms with Crippen molar-refractivity contribution in [2.24, 2.45) is 0 Å². The van der Waals surface area contributed by atoms with E-state index in [9.17, 15) is 13.2 Å². The van der Waals surface area contributed by atoms with Crippen LogP contribution in [-0.2, 0) is 14.8 Å². The minimum atomic E-state index is -3.74. The maximum atomic E-state index is 12.6. The molecule has 1 atom stereocenters. The molecule has 0 spiro atoms. The van der Waals surface area contributed by atoms with E-state index in [1.165, 1.54) is 24.3 Å². The molecule has 31 heavy (non-hydrogen) atoms. The molecule has 2 N–H and O–H groups in total. The Labute approximate surface area is 187 Å². The number of sulfonamides is 1. The standard InChI is InChI=1S/C23H23ClN2O4S/c1-3-22(30-20-6-4-5-17(24)15-20)23(27)25-18-11-13-21(14-12-18)31(28,29)26-19-9-7-16(2)8-10-19/h4-15,22,26H,3H2,1-2H3,(H,25,27)/t22-/m1/s1. The minimum Gasteiger partial charge on any atom is -0.481 e. The fourth-order valence-electron chi connectivity index (χ4n) is 2.80. The number of benzene rings is 3. The Balaban J connectivity index is 1.66. The van der Waals surface area contributed by atoms with Crippen molar-refractivity contribution in [3.63, 3.8) is 0 Å². The van der Waals surface area contributed by atoms with Crippen molar-refractivity contribution in [2.45, 2.75) is 31.3 Å². The van der Waals surface area contributed by atoms with E-state index in [-0.39, 0.29) is 10.8 Å². The molecule has 6 nitrogen and oxygen atoms in total. The molecule has 1 amide bonds. The summed E-state index contributed by atoms with van der Waals surface area (Å²) in [7, 11) is -3.74. The largest absolute Gasteiger partial charge is 0.481 e. The summed E-state index contributed by atoms with van der Waals surface area (Å²) in [6.45, 7) is 3.76. The van der Waals surface area contributed by atoms with Gasteiger partial charge >= 0.3 is 0 Å². The van der Waals surface area contributed by atoms with E-state index < -0.39 is 16.1 Å². The molecule has 0 heterocycles. The number of ether oxygens (including phenoxy) is 1. The van der Waals surface area contributed by atoms with Gasteiger partial charge in [-0.15, -0.1) is 0 Å². The van der Waals surface area contributed by atoms with Gasteiger partial charge in [-0.3, -0.25) is 9.52 Å². The van der Waals surface area contributed by atoms with Gasteiger partial charge in [-0.2, -0.15) is 0 Å². The first kappa shape index (κ1) is 22.7. The number of anilines is 2. The van der Waals surface area contributed by atoms with E-state index in [1.807, 2.05) is 26.0 Å². The van der Waals surface area contributed by atoms with Crippen molar-refractivity contribution in [1.82, 2.24) is 0 Å². The summed E-state index contributed by atoms with van der Waals surface area (Å²) in [5.41, 5.74) is 1.98. The zero-order valence-electron chi connectivity index (χ0n) is 17.1. The highest BCUT2D eigenvalue weighted by atomic mass is 35.5. The zero-order chi connectivity index (χ0) is 22.4. The first-order chi connectivity index (χ1) is 14.8. The van der Waals surface area contributed by atoms with E-state index in [4.69, 9.17) is 16.3 Å². The lowest BCUT2D eigenvalue weighted by atomic mass is 10.2. The van der Waals surface area contributed by atoms with Crippen molar-refractivity contribution in [3.8, 4) is 5.75 Å². The Kier molecular flexibility index (Phi) is 7.20. The van der Waals surface area contributed by atoms with Gasteiger partial charge in [-0.05, 0) is 67.9 Å². The fraction of sp³-hybridized carbons (Fsp3) is 0.174. The predicted octanol–water partition coefficient (Wildman–Crippen LogP) is 5.25. The number of hydrogen-bond acceptors (Lipinski definition) is 4. The monoisotopic (exact) mass is 458 g/mol. The lowest BCUT2D eigenvalue weighted by molar-refractivity contribution is -0.122. The van der Waals surface area contributed by atoms with Gasteiger partial charge in [-0.1, -0.05) is 42.3 Å². The van der Waals surface area contributed by atoms with Crippen LogP contribution in [0.15, 0.2) is 77.7 Å². The van der Waals surface area contributed by atoms with Crippen LogP contribution in [0.5, 0.6) is 5.75 Å². The smallest absolute Gasteiger partial charge is 0.265 e. The summed E-state index contributed by atoms with van der Waals surface area (Å²) in [5.74, 6) is 0.161. The number of amides is 1. The van der Waals surface area contributed by atoms with Crippen molar-refractivity contribution < 1.29 is 17.9 Å². The van der Waals surface area contributed by atoms with E-state index in [0.717, 1.165) is 5.56 Å². The van der Waals surface area contributed by atoms with Gasteiger partial charge in [0.2, 0.25) is 0 Å². The molecule has 0 aromatic heterocycles. The van der Waals surface area contributed by atoms with Crippen LogP contribution < -0.4 is 14.8 Å². The summed E-state index contributed by atoms with van der Waals surface area (Å²) in [4.78, 5) is 12.7. The van der Waals surface area contributed by atoms with Crippen molar-refractivity contribution in [1.29, 1.82) is 0 Å². The third kappa shape index (κ3) is 6.23. The highest BCUT2D eigenvalue weighted by Gasteiger charge is 2.19. The molecule has 0 unspecified atom stereocenters. The molecular formula is C23H23ClN2O4S. The number of hydrogen-bond donors (Lipinski definition) is 2. The topological polar surface area (TPSA) is 84.5 Å². The number of rotatable bonds is 8. The van der Waals surface area contributed by atoms with Gasteiger partial charge in [0.1, 0.15) is 5.75 Å². The normalized spacial score (nSPS) is 12.1. The van der Waals surface area contributed by atoms with E-state index in [1.54, 1.807) is 36.4 Å². The van der Waals surface area contributed by atoms with Gasteiger partial charge < -0.3 is 10.1 Å². The number of carbonyl (C=O) groups excluding carboxylic acids is 1. The molecular weight excluding hydrogens is 436 g/mol. The van der Waals surface area contributed by atoms with Gasteiger partial charge in [0, 0.05) is 16.4 Å². The summed E-state index contributed by atoms with van der Waals surface area (Å²) >= 11 is 5.96. The van der Waals surface area contributed by atoms with Crippen LogP contribution in [0.4, 0.5) is 11.4 Å². The van der Waals surface area contributed by atoms with Crippen LogP contribution in [0.3, 0.4) is 0 Å². The molecule has 0 saturated heterocycles. The van der Waals surface area contributed by atoms with E-state index in [2.05, 4.69) is 10.0 Å². The highest BCUT2D eigenvalue weighted by molar-refractivity contribution is 7.92. The van der Waals surface area contributed by atoms with Gasteiger partial charge in [0.15, 0.2) is 6.10 Å². The Bertz CT molecular complexity index is 1150. The lowest BCUT2D eigenvalue weighted by Gasteiger charge is -2.17. The molecule has 0 saturated carbocycles. The Morgan fingerprint density at radius 3 is 2.26 bits per heavy atom. The molecule has 0 fully saturated rings. The average Bonchev–Trinajstić information content (AvgIpc) is 2.74. The Morgan fingerprint density at radius 1 is 1.00 bits per heavy atom. The molecule has 0 aliphatic carbocycles. The summed E-state index contributed by atoms with van der Waals surface area (Å²) < 4.78 is 33.4. The van der Waals surface area contributed by atoms with Crippen molar-refractivity contribution in [3.05, 3.63) is 83.4 Å². The fourth-order valence-corrected chi connectivity index (χ4v) is 4.04. The van der Waals surface area contributed by atoms with Gasteiger partial charge in [0.05, 0.1) is 4.90 Å². The third-order valence-electron chi connectivity index (χ3n) is 4.47. The molecule has 3 aromatic rings. The first-order valence-corrected chi connectivity index (χ1v) is 11.6. The molecule has 162 valence electrons. The van der Waals surface area contributed by atoms with E-state index in [0.29, 0.717) is 28.6 Å². The minimum absolute atomic E-state index is 0.0910. The number of aryl methyl sites for hydroxylation is 1. The summed E-state index contributed by atoms with van der Waals surface area (Å²) in [6.07, 6.45) is -0.268. The van der Waals surface area contributed by atoms with Crippen LogP contribution in [-0.4, -0.2) is 20.4 Å². The molecule has 0 bridgehead atoms. The van der Waals surface area contributed by atoms with Gasteiger partial charge in [0.25, 0.3) is 15.9 Å². The van der Waals surface area contributed by atoms with E-state index >= 15 is 0 Å². The zero-order valence-corrected chi connectivity index (χ0v) is 18.7. The summed E-state index contributed by atoms with van der Waals surface area (Å²) in [5, 5.41) is 3.27. The second-order valence-electron chi connectivity index (χ2n) is 6.96. The SMILES string of the molecule is CC[C@@H](Oc1cccc(Cl)c1)C(=O)Nc1ccc(S(=O)(=O)Nc2ccc(C)cc2)cc1. The number of halogens is 1. The first-order valence-electron chi connectivity index (χ1n) is 9.69. The highest BCUT2D eigenvalue weighted by Crippen LogP contribution is 2.21. The quantitative estimate of drug-likeness (QED) is 0.483. The van der Waals surface area contributed by atoms with Crippen LogP contribution in [0.1, 0.15) is 18.9 Å². The maximum absolute atomic E-state index is 12.6. The van der Waals surface area contributed by atoms with Crippen LogP contribution in [0.25, 0.3) is 0 Å². The molecule has 8 heteroatoms.